The molecule has 1 aromatic rings. The van der Waals surface area contributed by atoms with E-state index < -0.39 is 40.9 Å². The molecule has 3 atom stereocenters. The van der Waals surface area contributed by atoms with Crippen LogP contribution in [0.1, 0.15) is 37.2 Å². The summed E-state index contributed by atoms with van der Waals surface area (Å²) in [6, 6.07) is -0.880. The largest absolute Gasteiger partial charge is 0.475 e. The zero-order valence-corrected chi connectivity index (χ0v) is 13.1. The highest BCUT2D eigenvalue weighted by atomic mass is 16.5. The molecular weight excluding hydrogens is 332 g/mol. The summed E-state index contributed by atoms with van der Waals surface area (Å²) in [4.78, 5) is 64.6. The van der Waals surface area contributed by atoms with Crippen molar-refractivity contribution in [1.82, 2.24) is 20.6 Å². The zero-order valence-electron chi connectivity index (χ0n) is 13.1. The Morgan fingerprint density at radius 3 is 2.28 bits per heavy atom. The van der Waals surface area contributed by atoms with Crippen LogP contribution in [0, 0.1) is 11.8 Å². The molecule has 0 bridgehead atoms. The molecule has 1 saturated carbocycles. The summed E-state index contributed by atoms with van der Waals surface area (Å²) in [7, 11) is 0. The van der Waals surface area contributed by atoms with E-state index in [-0.39, 0.29) is 23.5 Å². The molecule has 4 N–H and O–H groups in total. The second-order valence-corrected chi connectivity index (χ2v) is 6.57. The molecule has 1 saturated heterocycles. The maximum absolute atomic E-state index is 12.4. The number of rotatable bonds is 1. The first-order chi connectivity index (χ1) is 12.0. The van der Waals surface area contributed by atoms with Gasteiger partial charge in [-0.05, 0) is 19.3 Å². The fourth-order valence-electron chi connectivity index (χ4n) is 4.19. The number of hydrogen-bond acceptors (Lipinski definition) is 6. The van der Waals surface area contributed by atoms with Gasteiger partial charge in [0.1, 0.15) is 12.0 Å². The summed E-state index contributed by atoms with van der Waals surface area (Å²) in [6.07, 6.45) is 2.87. The van der Waals surface area contributed by atoms with Crippen LogP contribution in [0.5, 0.6) is 5.88 Å². The van der Waals surface area contributed by atoms with Gasteiger partial charge in [-0.2, -0.15) is 0 Å². The Bertz CT molecular complexity index is 867. The van der Waals surface area contributed by atoms with E-state index in [1.54, 1.807) is 0 Å². The minimum absolute atomic E-state index is 0.000556. The Morgan fingerprint density at radius 1 is 0.880 bits per heavy atom. The Labute approximate surface area is 140 Å². The number of fused-ring (bicyclic) bond motifs is 2. The van der Waals surface area contributed by atoms with E-state index in [0.29, 0.717) is 12.8 Å². The molecule has 10 nitrogen and oxygen atoms in total. The molecule has 1 aliphatic carbocycles. The molecule has 2 aliphatic heterocycles. The number of ether oxygens (including phenoxy) is 1. The number of urea groups is 1. The molecule has 0 aromatic carbocycles. The average molecular weight is 348 g/mol. The topological polar surface area (TPSA) is 150 Å². The second-order valence-electron chi connectivity index (χ2n) is 6.57. The third-order valence-electron chi connectivity index (χ3n) is 5.16. The van der Waals surface area contributed by atoms with Gasteiger partial charge in [0, 0.05) is 11.8 Å². The molecule has 25 heavy (non-hydrogen) atoms. The molecule has 4 rings (SSSR count). The molecule has 1 aromatic heterocycles. The predicted octanol–water partition coefficient (Wildman–Crippen LogP) is -0.920. The van der Waals surface area contributed by atoms with Gasteiger partial charge in [-0.1, -0.05) is 6.42 Å². The summed E-state index contributed by atoms with van der Waals surface area (Å²) < 4.78 is 5.80. The molecule has 0 spiro atoms. The van der Waals surface area contributed by atoms with Crippen LogP contribution in [-0.4, -0.2) is 33.9 Å². The summed E-state index contributed by atoms with van der Waals surface area (Å²) in [5, 5.41) is 4.16. The number of hydrogen-bond donors (Lipinski definition) is 4. The van der Waals surface area contributed by atoms with Gasteiger partial charge in [0.05, 0.1) is 5.56 Å². The van der Waals surface area contributed by atoms with Gasteiger partial charge in [0.15, 0.2) is 0 Å². The van der Waals surface area contributed by atoms with Crippen molar-refractivity contribution in [3.8, 4) is 5.88 Å². The van der Waals surface area contributed by atoms with Crippen molar-refractivity contribution in [2.24, 2.45) is 11.8 Å². The highest BCUT2D eigenvalue weighted by Gasteiger charge is 2.51. The maximum atomic E-state index is 12.4. The van der Waals surface area contributed by atoms with Crippen molar-refractivity contribution >= 4 is 17.8 Å². The standard InChI is InChI=1S/C15H16N4O6/c20-10-8(11(21)17-14(23)16-10)7-5-3-1-2-4-6(5)25-13-9(7)12(22)18-15(24)19-13/h5-8H,1-4H2,(H2,18,19,22,24)(H2,16,17,20,21,23)/t5-,6-,7+/m0/s1. The van der Waals surface area contributed by atoms with Gasteiger partial charge in [-0.15, -0.1) is 0 Å². The van der Waals surface area contributed by atoms with Crippen molar-refractivity contribution in [2.45, 2.75) is 37.7 Å². The fraction of sp³-hybridized carbons (Fsp3) is 0.533. The van der Waals surface area contributed by atoms with Gasteiger partial charge in [0.2, 0.25) is 17.7 Å². The van der Waals surface area contributed by atoms with Crippen LogP contribution in [0.2, 0.25) is 0 Å². The Balaban J connectivity index is 1.88. The lowest BCUT2D eigenvalue weighted by Crippen LogP contribution is -2.60. The van der Waals surface area contributed by atoms with Gasteiger partial charge < -0.3 is 4.74 Å². The van der Waals surface area contributed by atoms with Crippen LogP contribution in [0.15, 0.2) is 9.59 Å². The summed E-state index contributed by atoms with van der Waals surface area (Å²) in [6.45, 7) is 0. The highest BCUT2D eigenvalue weighted by molar-refractivity contribution is 6.16. The predicted molar refractivity (Wildman–Crippen MR) is 82.0 cm³/mol. The highest BCUT2D eigenvalue weighted by Crippen LogP contribution is 2.47. The first-order valence-electron chi connectivity index (χ1n) is 8.14. The summed E-state index contributed by atoms with van der Waals surface area (Å²) >= 11 is 0. The van der Waals surface area contributed by atoms with Crippen molar-refractivity contribution in [1.29, 1.82) is 0 Å². The number of nitrogens with one attached hydrogen (secondary N) is 4. The summed E-state index contributed by atoms with van der Waals surface area (Å²) in [5.74, 6) is -3.74. The zero-order chi connectivity index (χ0) is 17.7. The average Bonchev–Trinajstić information content (AvgIpc) is 2.52. The van der Waals surface area contributed by atoms with Crippen LogP contribution < -0.4 is 26.6 Å². The Hall–Kier alpha value is -2.91. The van der Waals surface area contributed by atoms with E-state index in [1.165, 1.54) is 0 Å². The number of aromatic nitrogens is 2. The quantitative estimate of drug-likeness (QED) is 0.482. The van der Waals surface area contributed by atoms with E-state index in [9.17, 15) is 24.0 Å². The van der Waals surface area contributed by atoms with Gasteiger partial charge in [-0.25, -0.2) is 9.59 Å². The van der Waals surface area contributed by atoms with Crippen molar-refractivity contribution in [2.75, 3.05) is 0 Å². The molecule has 132 valence electrons. The lowest BCUT2D eigenvalue weighted by molar-refractivity contribution is -0.138. The number of H-pyrrole nitrogens is 2. The van der Waals surface area contributed by atoms with E-state index in [4.69, 9.17) is 4.74 Å². The van der Waals surface area contributed by atoms with Crippen molar-refractivity contribution < 1.29 is 19.1 Å². The number of barbiturate groups is 1. The summed E-state index contributed by atoms with van der Waals surface area (Å²) in [5.41, 5.74) is -1.33. The fourth-order valence-corrected chi connectivity index (χ4v) is 4.19. The molecule has 10 heteroatoms. The molecule has 3 heterocycles. The molecule has 0 unspecified atom stereocenters. The van der Waals surface area contributed by atoms with Crippen LogP contribution in [0.4, 0.5) is 4.79 Å². The first-order valence-corrected chi connectivity index (χ1v) is 8.14. The molecule has 4 amide bonds. The lowest BCUT2D eigenvalue weighted by Gasteiger charge is -2.43. The Morgan fingerprint density at radius 2 is 1.56 bits per heavy atom. The van der Waals surface area contributed by atoms with Crippen molar-refractivity contribution in [3.63, 3.8) is 0 Å². The number of aromatic amines is 2. The Kier molecular flexibility index (Phi) is 3.48. The molecule has 2 fully saturated rings. The maximum Gasteiger partial charge on any atom is 0.328 e. The number of carbonyl (C=O) groups excluding carboxylic acids is 3. The van der Waals surface area contributed by atoms with Gasteiger partial charge >= 0.3 is 11.7 Å². The normalized spacial score (nSPS) is 29.1. The van der Waals surface area contributed by atoms with Gasteiger partial charge in [-0.3, -0.25) is 35.0 Å². The number of carbonyl (C=O) groups is 3. The number of imide groups is 2. The van der Waals surface area contributed by atoms with Crippen LogP contribution in [0.25, 0.3) is 0 Å². The third-order valence-corrected chi connectivity index (χ3v) is 5.16. The minimum Gasteiger partial charge on any atom is -0.475 e. The van der Waals surface area contributed by atoms with E-state index in [2.05, 4.69) is 20.6 Å². The first kappa shape index (κ1) is 15.6. The van der Waals surface area contributed by atoms with Gasteiger partial charge in [0.25, 0.3) is 5.56 Å². The van der Waals surface area contributed by atoms with E-state index in [0.717, 1.165) is 12.8 Å². The number of amides is 4. The van der Waals surface area contributed by atoms with E-state index >= 15 is 0 Å². The monoisotopic (exact) mass is 348 g/mol. The lowest BCUT2D eigenvalue weighted by atomic mass is 9.67. The SMILES string of the molecule is O=C1NC(=O)C([C@@H]2c3c([nH]c(=O)[nH]c3=O)O[C@H]3CCCC[C@@H]32)C(=O)N1. The molecule has 3 aliphatic rings. The third kappa shape index (κ3) is 2.44. The second kappa shape index (κ2) is 5.57. The smallest absolute Gasteiger partial charge is 0.328 e. The van der Waals surface area contributed by atoms with Crippen LogP contribution in [-0.2, 0) is 9.59 Å². The van der Waals surface area contributed by atoms with Crippen LogP contribution >= 0.6 is 0 Å². The molecule has 0 radical (unpaired) electrons. The van der Waals surface area contributed by atoms with E-state index in [1.807, 2.05) is 0 Å². The van der Waals surface area contributed by atoms with Crippen molar-refractivity contribution in [3.05, 3.63) is 26.4 Å². The molecular formula is C15H16N4O6. The van der Waals surface area contributed by atoms with Crippen LogP contribution in [0.3, 0.4) is 0 Å². The minimum atomic E-state index is -1.24.